The van der Waals surface area contributed by atoms with Gasteiger partial charge in [0.15, 0.2) is 5.78 Å². The van der Waals surface area contributed by atoms with Crippen molar-refractivity contribution in [1.82, 2.24) is 30.5 Å². The van der Waals surface area contributed by atoms with Crippen LogP contribution >= 0.6 is 0 Å². The first kappa shape index (κ1) is 32.3. The summed E-state index contributed by atoms with van der Waals surface area (Å²) in [5.74, 6) is -0.0628. The van der Waals surface area contributed by atoms with E-state index in [4.69, 9.17) is 9.47 Å². The number of rotatable bonds is 4. The van der Waals surface area contributed by atoms with Gasteiger partial charge in [0.1, 0.15) is 11.8 Å². The fourth-order valence-electron chi connectivity index (χ4n) is 9.64. The summed E-state index contributed by atoms with van der Waals surface area (Å²) in [6, 6.07) is -0.924. The number of likely N-dealkylation sites (N-methyl/N-ethyl adjacent to an activating group) is 1. The predicted molar refractivity (Wildman–Crippen MR) is 169 cm³/mol. The maximum Gasteiger partial charge on any atom is 0.407 e. The number of nitrogens with zero attached hydrogens (tertiary/aromatic N) is 4. The van der Waals surface area contributed by atoms with Crippen LogP contribution in [0.25, 0.3) is 0 Å². The van der Waals surface area contributed by atoms with Crippen molar-refractivity contribution in [3.63, 3.8) is 0 Å². The Labute approximate surface area is 272 Å². The molecular formula is C34H53FN6O5. The van der Waals surface area contributed by atoms with Gasteiger partial charge >= 0.3 is 6.09 Å². The zero-order valence-electron chi connectivity index (χ0n) is 28.0. The zero-order valence-corrected chi connectivity index (χ0v) is 28.0. The average molecular weight is 645 g/mol. The van der Waals surface area contributed by atoms with Crippen LogP contribution in [0.15, 0.2) is 11.8 Å². The molecule has 0 radical (unpaired) electrons. The number of hydrogen-bond acceptors (Lipinski definition) is 9. The molecule has 4 heterocycles. The number of ether oxygens (including phenoxy) is 2. The van der Waals surface area contributed by atoms with Crippen LogP contribution in [0.2, 0.25) is 0 Å². The number of hydrogen-bond donors (Lipinski definition) is 2. The molecule has 7 aliphatic rings. The minimum absolute atomic E-state index is 0.0633. The average Bonchev–Trinajstić information content (AvgIpc) is 3.45. The molecule has 3 aliphatic carbocycles. The Balaban J connectivity index is 1.15. The second-order valence-electron chi connectivity index (χ2n) is 16.0. The van der Waals surface area contributed by atoms with Crippen molar-refractivity contribution in [1.29, 1.82) is 0 Å². The molecule has 3 saturated heterocycles. The van der Waals surface area contributed by atoms with Gasteiger partial charge in [-0.1, -0.05) is 25.7 Å². The van der Waals surface area contributed by atoms with Crippen LogP contribution < -0.4 is 10.7 Å². The molecule has 0 spiro atoms. The molecule has 4 aliphatic heterocycles. The second-order valence-corrected chi connectivity index (χ2v) is 16.0. The normalized spacial score (nSPS) is 40.3. The predicted octanol–water partition coefficient (Wildman–Crippen LogP) is 2.46. The number of hydrazine groups is 1. The number of carbonyl (C=O) groups excluding carboxylic acids is 3. The van der Waals surface area contributed by atoms with E-state index < -0.39 is 35.9 Å². The Hall–Kier alpha value is -2.28. The second kappa shape index (κ2) is 12.6. The van der Waals surface area contributed by atoms with E-state index in [0.29, 0.717) is 44.4 Å². The van der Waals surface area contributed by atoms with Crippen LogP contribution in [0.4, 0.5) is 9.18 Å². The molecule has 2 amide bonds. The van der Waals surface area contributed by atoms with Gasteiger partial charge in [-0.3, -0.25) is 19.9 Å². The smallest absolute Gasteiger partial charge is 0.407 e. The van der Waals surface area contributed by atoms with Crippen molar-refractivity contribution < 1.29 is 28.2 Å². The van der Waals surface area contributed by atoms with E-state index in [1.165, 1.54) is 25.7 Å². The third-order valence-electron chi connectivity index (χ3n) is 11.8. The number of ketones is 1. The SMILES string of the molecule is CN1CCN(NC(=O)C2=CN3C4CC5CCCCC5CC4OC4C(N5CCC(NC(=O)OC(C)(C)C)C5)C(F)CC(C2=O)C43)CC1. The lowest BCUT2D eigenvalue weighted by molar-refractivity contribution is -0.219. The van der Waals surface area contributed by atoms with Crippen LogP contribution in [0.5, 0.6) is 0 Å². The van der Waals surface area contributed by atoms with Crippen molar-refractivity contribution >= 4 is 17.8 Å². The summed E-state index contributed by atoms with van der Waals surface area (Å²) < 4.78 is 29.0. The monoisotopic (exact) mass is 644 g/mol. The number of piperazine rings is 1. The van der Waals surface area contributed by atoms with Gasteiger partial charge in [-0.25, -0.2) is 14.2 Å². The molecule has 256 valence electrons. The van der Waals surface area contributed by atoms with E-state index in [1.807, 2.05) is 32.0 Å². The summed E-state index contributed by atoms with van der Waals surface area (Å²) in [6.07, 6.45) is 7.11. The van der Waals surface area contributed by atoms with Crippen LogP contribution in [-0.4, -0.2) is 132 Å². The number of carbonyl (C=O) groups is 3. The number of alkyl carbamates (subject to hydrolysis) is 1. The van der Waals surface area contributed by atoms with E-state index in [0.717, 1.165) is 25.9 Å². The molecule has 0 aromatic rings. The van der Waals surface area contributed by atoms with Crippen LogP contribution in [0.3, 0.4) is 0 Å². The fraction of sp³-hybridized carbons (Fsp3) is 0.853. The number of morpholine rings is 1. The Bertz CT molecular complexity index is 1220. The third kappa shape index (κ3) is 6.31. The summed E-state index contributed by atoms with van der Waals surface area (Å²) in [6.45, 7) is 9.70. The molecule has 10 unspecified atom stereocenters. The maximum atomic E-state index is 16.5. The third-order valence-corrected chi connectivity index (χ3v) is 11.8. The van der Waals surface area contributed by atoms with Crippen molar-refractivity contribution in [2.45, 2.75) is 120 Å². The highest BCUT2D eigenvalue weighted by Crippen LogP contribution is 2.51. The largest absolute Gasteiger partial charge is 0.444 e. The van der Waals surface area contributed by atoms with E-state index in [9.17, 15) is 14.4 Å². The van der Waals surface area contributed by atoms with Gasteiger partial charge < -0.3 is 24.6 Å². The quantitative estimate of drug-likeness (QED) is 0.447. The fourth-order valence-corrected chi connectivity index (χ4v) is 9.64. The van der Waals surface area contributed by atoms with Gasteiger partial charge in [0, 0.05) is 57.4 Å². The minimum atomic E-state index is -1.29. The van der Waals surface area contributed by atoms with E-state index in [1.54, 1.807) is 0 Å². The number of amides is 2. The van der Waals surface area contributed by atoms with Gasteiger partial charge in [-0.2, -0.15) is 0 Å². The molecule has 10 atom stereocenters. The van der Waals surface area contributed by atoms with Gasteiger partial charge in [-0.15, -0.1) is 0 Å². The number of Topliss-reactive ketones (excluding diaryl/α,β-unsaturated/α-hetero) is 1. The van der Waals surface area contributed by atoms with E-state index in [2.05, 4.69) is 32.5 Å². The Morgan fingerprint density at radius 3 is 2.41 bits per heavy atom. The van der Waals surface area contributed by atoms with Crippen molar-refractivity contribution in [3.05, 3.63) is 11.8 Å². The standard InChI is InChI=1S/C34H53FN6O5/c1-34(2,3)46-33(44)36-22-9-10-39(18-22)29-25(35)17-23-28-31(29)45-27-16-21-8-6-5-7-20(21)15-26(27)41(28)19-24(30(23)42)32(43)37-40-13-11-38(4)12-14-40/h19-23,25-29,31H,5-18H2,1-4H3,(H,36,44)(H,37,43). The highest BCUT2D eigenvalue weighted by molar-refractivity contribution is 6.20. The highest BCUT2D eigenvalue weighted by atomic mass is 19.1. The van der Waals surface area contributed by atoms with Gasteiger partial charge in [0.2, 0.25) is 0 Å². The van der Waals surface area contributed by atoms with Crippen molar-refractivity contribution in [3.8, 4) is 0 Å². The lowest BCUT2D eigenvalue weighted by Gasteiger charge is -2.61. The lowest BCUT2D eigenvalue weighted by atomic mass is 9.64. The van der Waals surface area contributed by atoms with Gasteiger partial charge in [-0.05, 0) is 65.3 Å². The number of nitrogens with one attached hydrogen (secondary N) is 2. The molecule has 6 fully saturated rings. The molecule has 2 N–H and O–H groups in total. The molecular weight excluding hydrogens is 591 g/mol. The van der Waals surface area contributed by atoms with E-state index in [-0.39, 0.29) is 47.9 Å². The Morgan fingerprint density at radius 2 is 1.70 bits per heavy atom. The van der Waals surface area contributed by atoms with Crippen LogP contribution in [0.1, 0.15) is 72.1 Å². The number of halogens is 1. The van der Waals surface area contributed by atoms with Gasteiger partial charge in [0.05, 0.1) is 35.9 Å². The molecule has 7 rings (SSSR count). The molecule has 11 nitrogen and oxygen atoms in total. The summed E-state index contributed by atoms with van der Waals surface area (Å²) in [5, 5.41) is 4.87. The first-order valence-corrected chi connectivity index (χ1v) is 17.8. The summed E-state index contributed by atoms with van der Waals surface area (Å²) in [5.41, 5.74) is 2.55. The van der Waals surface area contributed by atoms with Crippen LogP contribution in [-0.2, 0) is 19.1 Å². The van der Waals surface area contributed by atoms with Crippen LogP contribution in [0, 0.1) is 17.8 Å². The lowest BCUT2D eigenvalue weighted by Crippen LogP contribution is -2.73. The van der Waals surface area contributed by atoms with E-state index >= 15 is 4.39 Å². The topological polar surface area (TPSA) is 107 Å². The minimum Gasteiger partial charge on any atom is -0.444 e. The summed E-state index contributed by atoms with van der Waals surface area (Å²) in [7, 11) is 2.06. The first-order chi connectivity index (χ1) is 21.9. The Morgan fingerprint density at radius 1 is 0.978 bits per heavy atom. The number of likely N-dealkylation sites (tertiary alicyclic amines) is 1. The molecule has 0 aromatic heterocycles. The highest BCUT2D eigenvalue weighted by Gasteiger charge is 2.61. The molecule has 3 saturated carbocycles. The molecule has 12 heteroatoms. The zero-order chi connectivity index (χ0) is 32.3. The Kier molecular flexibility index (Phi) is 8.86. The first-order valence-electron chi connectivity index (χ1n) is 17.8. The van der Waals surface area contributed by atoms with Gasteiger partial charge in [0.25, 0.3) is 5.91 Å². The van der Waals surface area contributed by atoms with Crippen molar-refractivity contribution in [2.75, 3.05) is 46.3 Å². The summed E-state index contributed by atoms with van der Waals surface area (Å²) >= 11 is 0. The molecule has 0 aromatic carbocycles. The van der Waals surface area contributed by atoms with Crippen molar-refractivity contribution in [2.24, 2.45) is 17.8 Å². The maximum absolute atomic E-state index is 16.5. The number of fused-ring (bicyclic) bond motifs is 3. The number of alkyl halides is 1. The molecule has 46 heavy (non-hydrogen) atoms. The summed E-state index contributed by atoms with van der Waals surface area (Å²) in [4.78, 5) is 46.9. The molecule has 0 bridgehead atoms.